The third-order valence-corrected chi connectivity index (χ3v) is 3.68. The first-order valence-corrected chi connectivity index (χ1v) is 6.33. The summed E-state index contributed by atoms with van der Waals surface area (Å²) < 4.78 is 0. The molecule has 1 rings (SSSR count). The van der Waals surface area contributed by atoms with Crippen molar-refractivity contribution in [3.8, 4) is 0 Å². The Balaban J connectivity index is 2.61. The number of hydrogen-bond donors (Lipinski definition) is 1. The van der Waals surface area contributed by atoms with Gasteiger partial charge in [0.25, 0.3) is 5.91 Å². The Morgan fingerprint density at radius 2 is 2.27 bits per heavy atom. The molecule has 0 fully saturated rings. The molecule has 1 heterocycles. The molecule has 0 radical (unpaired) electrons. The lowest BCUT2D eigenvalue weighted by Gasteiger charge is -2.10. The van der Waals surface area contributed by atoms with Gasteiger partial charge in [-0.15, -0.1) is 22.9 Å². The van der Waals surface area contributed by atoms with Crippen molar-refractivity contribution >= 4 is 28.8 Å². The Kier molecular flexibility index (Phi) is 4.61. The van der Waals surface area contributed by atoms with E-state index in [1.807, 2.05) is 26.8 Å². The summed E-state index contributed by atoms with van der Waals surface area (Å²) in [6, 6.07) is 2.07. The molecular weight excluding hydrogens is 230 g/mol. The summed E-state index contributed by atoms with van der Waals surface area (Å²) in [5.74, 6) is 0.582. The summed E-state index contributed by atoms with van der Waals surface area (Å²) in [6.45, 7) is 6.01. The van der Waals surface area contributed by atoms with Crippen LogP contribution in [0.5, 0.6) is 0 Å². The van der Waals surface area contributed by atoms with E-state index in [-0.39, 0.29) is 11.9 Å². The van der Waals surface area contributed by atoms with Crippen molar-refractivity contribution in [1.82, 2.24) is 5.32 Å². The SMILES string of the molecule is Cc1cc(C(=O)NC(C)CCCl)sc1C. The number of nitrogens with one attached hydrogen (secondary N) is 1. The van der Waals surface area contributed by atoms with E-state index in [0.29, 0.717) is 5.88 Å². The maximum Gasteiger partial charge on any atom is 0.261 e. The normalized spacial score (nSPS) is 12.5. The van der Waals surface area contributed by atoms with E-state index in [2.05, 4.69) is 5.32 Å². The number of rotatable bonds is 4. The van der Waals surface area contributed by atoms with Crippen LogP contribution in [0.4, 0.5) is 0 Å². The van der Waals surface area contributed by atoms with Gasteiger partial charge in [-0.1, -0.05) is 0 Å². The van der Waals surface area contributed by atoms with Crippen LogP contribution in [0.2, 0.25) is 0 Å². The highest BCUT2D eigenvalue weighted by molar-refractivity contribution is 7.14. The monoisotopic (exact) mass is 245 g/mol. The van der Waals surface area contributed by atoms with Gasteiger partial charge in [-0.2, -0.15) is 0 Å². The molecule has 0 aliphatic rings. The quantitative estimate of drug-likeness (QED) is 0.812. The number of amides is 1. The Hall–Kier alpha value is -0.540. The Morgan fingerprint density at radius 3 is 2.73 bits per heavy atom. The highest BCUT2D eigenvalue weighted by Gasteiger charge is 2.12. The largest absolute Gasteiger partial charge is 0.349 e. The first-order chi connectivity index (χ1) is 7.04. The van der Waals surface area contributed by atoms with E-state index < -0.39 is 0 Å². The van der Waals surface area contributed by atoms with Crippen molar-refractivity contribution in [2.45, 2.75) is 33.2 Å². The van der Waals surface area contributed by atoms with Gasteiger partial charge < -0.3 is 5.32 Å². The van der Waals surface area contributed by atoms with Gasteiger partial charge in [-0.05, 0) is 38.8 Å². The zero-order chi connectivity index (χ0) is 11.4. The molecule has 4 heteroatoms. The van der Waals surface area contributed by atoms with Gasteiger partial charge in [0.15, 0.2) is 0 Å². The molecule has 0 aliphatic carbocycles. The molecule has 0 aliphatic heterocycles. The summed E-state index contributed by atoms with van der Waals surface area (Å²) >= 11 is 7.14. The van der Waals surface area contributed by atoms with Crippen molar-refractivity contribution in [3.63, 3.8) is 0 Å². The van der Waals surface area contributed by atoms with Crippen LogP contribution >= 0.6 is 22.9 Å². The fraction of sp³-hybridized carbons (Fsp3) is 0.545. The topological polar surface area (TPSA) is 29.1 Å². The van der Waals surface area contributed by atoms with Crippen LogP contribution < -0.4 is 5.32 Å². The van der Waals surface area contributed by atoms with Gasteiger partial charge in [-0.3, -0.25) is 4.79 Å². The average molecular weight is 246 g/mol. The molecule has 1 aromatic rings. The number of thiophene rings is 1. The second kappa shape index (κ2) is 5.52. The highest BCUT2D eigenvalue weighted by Crippen LogP contribution is 2.20. The lowest BCUT2D eigenvalue weighted by molar-refractivity contribution is 0.0943. The van der Waals surface area contributed by atoms with Crippen molar-refractivity contribution < 1.29 is 4.79 Å². The fourth-order valence-electron chi connectivity index (χ4n) is 1.22. The smallest absolute Gasteiger partial charge is 0.261 e. The van der Waals surface area contributed by atoms with Gasteiger partial charge in [0.2, 0.25) is 0 Å². The van der Waals surface area contributed by atoms with E-state index in [0.717, 1.165) is 11.3 Å². The predicted octanol–water partition coefficient (Wildman–Crippen LogP) is 3.11. The molecule has 0 aromatic carbocycles. The van der Waals surface area contributed by atoms with Crippen LogP contribution in [0.25, 0.3) is 0 Å². The molecule has 0 saturated heterocycles. The molecular formula is C11H16ClNOS. The van der Waals surface area contributed by atoms with Gasteiger partial charge in [0.1, 0.15) is 0 Å². The number of aryl methyl sites for hydroxylation is 2. The van der Waals surface area contributed by atoms with Crippen LogP contribution in [0, 0.1) is 13.8 Å². The Labute approximate surface area is 99.6 Å². The third-order valence-electron chi connectivity index (χ3n) is 2.31. The molecule has 1 aromatic heterocycles. The first kappa shape index (κ1) is 12.5. The number of halogens is 1. The van der Waals surface area contributed by atoms with Gasteiger partial charge >= 0.3 is 0 Å². The van der Waals surface area contributed by atoms with Crippen LogP contribution in [0.3, 0.4) is 0 Å². The van der Waals surface area contributed by atoms with E-state index >= 15 is 0 Å². The van der Waals surface area contributed by atoms with E-state index in [9.17, 15) is 4.79 Å². The van der Waals surface area contributed by atoms with E-state index in [4.69, 9.17) is 11.6 Å². The third kappa shape index (κ3) is 3.50. The summed E-state index contributed by atoms with van der Waals surface area (Å²) in [5.41, 5.74) is 1.18. The Bertz CT molecular complexity index is 329. The average Bonchev–Trinajstić information content (AvgIpc) is 2.47. The second-order valence-corrected chi connectivity index (χ2v) is 5.34. The van der Waals surface area contributed by atoms with Gasteiger partial charge in [0, 0.05) is 16.8 Å². The fourth-order valence-corrected chi connectivity index (χ4v) is 2.48. The van der Waals surface area contributed by atoms with Crippen LogP contribution in [-0.4, -0.2) is 17.8 Å². The molecule has 2 nitrogen and oxygen atoms in total. The van der Waals surface area contributed by atoms with Crippen LogP contribution in [-0.2, 0) is 0 Å². The molecule has 0 saturated carbocycles. The number of hydrogen-bond acceptors (Lipinski definition) is 2. The predicted molar refractivity (Wildman–Crippen MR) is 66.1 cm³/mol. The lowest BCUT2D eigenvalue weighted by Crippen LogP contribution is -2.32. The van der Waals surface area contributed by atoms with Crippen molar-refractivity contribution in [3.05, 3.63) is 21.4 Å². The minimum absolute atomic E-state index is 0.00816. The van der Waals surface area contributed by atoms with Crippen molar-refractivity contribution in [2.24, 2.45) is 0 Å². The molecule has 0 spiro atoms. The van der Waals surface area contributed by atoms with E-state index in [1.165, 1.54) is 21.8 Å². The summed E-state index contributed by atoms with van der Waals surface area (Å²) in [6.07, 6.45) is 0.802. The van der Waals surface area contributed by atoms with Gasteiger partial charge in [-0.25, -0.2) is 0 Å². The molecule has 15 heavy (non-hydrogen) atoms. The first-order valence-electron chi connectivity index (χ1n) is 4.98. The highest BCUT2D eigenvalue weighted by atomic mass is 35.5. The van der Waals surface area contributed by atoms with Crippen molar-refractivity contribution in [1.29, 1.82) is 0 Å². The molecule has 1 unspecified atom stereocenters. The minimum Gasteiger partial charge on any atom is -0.349 e. The maximum atomic E-state index is 11.8. The number of alkyl halides is 1. The molecule has 0 bridgehead atoms. The molecule has 1 amide bonds. The lowest BCUT2D eigenvalue weighted by atomic mass is 10.2. The molecule has 84 valence electrons. The van der Waals surface area contributed by atoms with Crippen LogP contribution in [0.15, 0.2) is 6.07 Å². The van der Waals surface area contributed by atoms with E-state index in [1.54, 1.807) is 0 Å². The van der Waals surface area contributed by atoms with Crippen molar-refractivity contribution in [2.75, 3.05) is 5.88 Å². The molecule has 1 N–H and O–H groups in total. The standard InChI is InChI=1S/C11H16ClNOS/c1-7-6-10(15-9(7)3)11(14)13-8(2)4-5-12/h6,8H,4-5H2,1-3H3,(H,13,14). The summed E-state index contributed by atoms with van der Waals surface area (Å²) in [7, 11) is 0. The zero-order valence-electron chi connectivity index (χ0n) is 9.26. The maximum absolute atomic E-state index is 11.8. The van der Waals surface area contributed by atoms with Gasteiger partial charge in [0.05, 0.1) is 4.88 Å². The molecule has 1 atom stereocenters. The Morgan fingerprint density at radius 1 is 1.60 bits per heavy atom. The number of carbonyl (C=O) groups excluding carboxylic acids is 1. The van der Waals surface area contributed by atoms with Crippen LogP contribution in [0.1, 0.15) is 33.5 Å². The summed E-state index contributed by atoms with van der Waals surface area (Å²) in [5, 5.41) is 2.92. The second-order valence-electron chi connectivity index (χ2n) is 3.70. The zero-order valence-corrected chi connectivity index (χ0v) is 10.8. The number of carbonyl (C=O) groups is 1. The summed E-state index contributed by atoms with van der Waals surface area (Å²) in [4.78, 5) is 13.7. The minimum atomic E-state index is 0.00816.